The van der Waals surface area contributed by atoms with E-state index in [1.54, 1.807) is 6.92 Å². The maximum absolute atomic E-state index is 12.2. The average Bonchev–Trinajstić information content (AvgIpc) is 2.57. The minimum atomic E-state index is -3.62. The van der Waals surface area contributed by atoms with Gasteiger partial charge in [0.2, 0.25) is 10.0 Å². The van der Waals surface area contributed by atoms with Crippen molar-refractivity contribution in [3.63, 3.8) is 0 Å². The lowest BCUT2D eigenvalue weighted by atomic mass is 10.0. The molecule has 0 aliphatic heterocycles. The maximum Gasteiger partial charge on any atom is 0.308 e. The molecule has 0 saturated heterocycles. The Morgan fingerprint density at radius 2 is 1.76 bits per heavy atom. The summed E-state index contributed by atoms with van der Waals surface area (Å²) in [5.41, 5.74) is 0.281. The molecule has 0 aliphatic rings. The van der Waals surface area contributed by atoms with Crippen LogP contribution in [0.4, 0.5) is 0 Å². The smallest absolute Gasteiger partial charge is 0.308 e. The van der Waals surface area contributed by atoms with Crippen molar-refractivity contribution in [1.29, 1.82) is 0 Å². The predicted octanol–water partition coefficient (Wildman–Crippen LogP) is 1.99. The zero-order chi connectivity index (χ0) is 19.0. The average molecular weight is 370 g/mol. The number of sulfonamides is 1. The van der Waals surface area contributed by atoms with Crippen molar-refractivity contribution in [3.8, 4) is 0 Å². The number of nitrogens with one attached hydrogen (secondary N) is 2. The van der Waals surface area contributed by atoms with Crippen LogP contribution in [0.25, 0.3) is 0 Å². The monoisotopic (exact) mass is 370 g/mol. The maximum atomic E-state index is 12.2. The summed E-state index contributed by atoms with van der Waals surface area (Å²) in [7, 11) is -3.62. The van der Waals surface area contributed by atoms with Crippen LogP contribution < -0.4 is 10.0 Å². The number of benzene rings is 1. The highest BCUT2D eigenvalue weighted by atomic mass is 32.2. The molecule has 0 saturated carbocycles. The van der Waals surface area contributed by atoms with E-state index >= 15 is 0 Å². The molecule has 1 aromatic rings. The van der Waals surface area contributed by atoms with E-state index in [0.717, 1.165) is 0 Å². The first kappa shape index (κ1) is 21.1. The molecule has 25 heavy (non-hydrogen) atoms. The molecule has 0 aromatic heterocycles. The fourth-order valence-electron chi connectivity index (χ4n) is 2.18. The number of carboxylic acid groups (broad SMARTS) is 1. The molecule has 1 aromatic carbocycles. The summed E-state index contributed by atoms with van der Waals surface area (Å²) in [6.07, 6.45) is 1.86. The Morgan fingerprint density at radius 3 is 2.24 bits per heavy atom. The van der Waals surface area contributed by atoms with Crippen LogP contribution in [-0.2, 0) is 14.8 Å². The molecule has 1 amide bonds. The molecule has 0 bridgehead atoms. The van der Waals surface area contributed by atoms with Crippen molar-refractivity contribution in [3.05, 3.63) is 29.8 Å². The minimum absolute atomic E-state index is 0.0393. The van der Waals surface area contributed by atoms with Gasteiger partial charge in [0.05, 0.1) is 10.8 Å². The third-order valence-electron chi connectivity index (χ3n) is 3.89. The van der Waals surface area contributed by atoms with Crippen LogP contribution in [0.3, 0.4) is 0 Å². The second-order valence-electron chi connectivity index (χ2n) is 5.99. The summed E-state index contributed by atoms with van der Waals surface area (Å²) in [6.45, 7) is 5.57. The van der Waals surface area contributed by atoms with Gasteiger partial charge >= 0.3 is 5.97 Å². The largest absolute Gasteiger partial charge is 0.481 e. The van der Waals surface area contributed by atoms with E-state index in [1.165, 1.54) is 24.3 Å². The van der Waals surface area contributed by atoms with Gasteiger partial charge in [-0.05, 0) is 44.0 Å². The molecule has 1 rings (SSSR count). The van der Waals surface area contributed by atoms with Crippen LogP contribution >= 0.6 is 0 Å². The van der Waals surface area contributed by atoms with Gasteiger partial charge < -0.3 is 10.4 Å². The fraction of sp³-hybridized carbons (Fsp3) is 0.529. The molecule has 7 nitrogen and oxygen atoms in total. The number of carbonyl (C=O) groups excluding carboxylic acids is 1. The Hall–Kier alpha value is -1.93. The van der Waals surface area contributed by atoms with Gasteiger partial charge in [0.25, 0.3) is 5.91 Å². The van der Waals surface area contributed by atoms with Crippen LogP contribution in [0.2, 0.25) is 0 Å². The van der Waals surface area contributed by atoms with Crippen molar-refractivity contribution in [2.24, 2.45) is 5.92 Å². The quantitative estimate of drug-likeness (QED) is 0.583. The second kappa shape index (κ2) is 9.53. The standard InChI is InChI=1S/C17H26N2O5S/c1-4-6-14(17(21)22)11-18-16(20)13-7-9-15(10-8-13)25(23,24)19-12(3)5-2/h7-10,12,14,19H,4-6,11H2,1-3H3,(H,18,20)(H,21,22). The van der Waals surface area contributed by atoms with Gasteiger partial charge in [-0.15, -0.1) is 0 Å². The number of rotatable bonds is 10. The normalized spacial score (nSPS) is 13.9. The van der Waals surface area contributed by atoms with Crippen LogP contribution in [0, 0.1) is 5.92 Å². The van der Waals surface area contributed by atoms with Gasteiger partial charge in [0, 0.05) is 18.2 Å². The molecule has 3 N–H and O–H groups in total. The zero-order valence-corrected chi connectivity index (χ0v) is 15.6. The highest BCUT2D eigenvalue weighted by Crippen LogP contribution is 2.12. The Kier molecular flexibility index (Phi) is 8.05. The number of carbonyl (C=O) groups is 2. The lowest BCUT2D eigenvalue weighted by molar-refractivity contribution is -0.141. The summed E-state index contributed by atoms with van der Waals surface area (Å²) in [4.78, 5) is 23.3. The van der Waals surface area contributed by atoms with Gasteiger partial charge in [-0.3, -0.25) is 9.59 Å². The Balaban J connectivity index is 2.75. The number of hydrogen-bond acceptors (Lipinski definition) is 4. The van der Waals surface area contributed by atoms with Gasteiger partial charge in [-0.1, -0.05) is 20.3 Å². The number of carboxylic acids is 1. The first-order valence-corrected chi connectivity index (χ1v) is 9.83. The molecule has 2 unspecified atom stereocenters. The molecule has 0 radical (unpaired) electrons. The van der Waals surface area contributed by atoms with Gasteiger partial charge in [0.1, 0.15) is 0 Å². The van der Waals surface area contributed by atoms with Crippen molar-refractivity contribution in [1.82, 2.24) is 10.0 Å². The van der Waals surface area contributed by atoms with E-state index in [9.17, 15) is 18.0 Å². The molecule has 2 atom stereocenters. The molecule has 0 fully saturated rings. The van der Waals surface area contributed by atoms with Gasteiger partial charge in [0.15, 0.2) is 0 Å². The summed E-state index contributed by atoms with van der Waals surface area (Å²) in [5.74, 6) is -2.01. The number of aliphatic carboxylic acids is 1. The molecular formula is C17H26N2O5S. The predicted molar refractivity (Wildman–Crippen MR) is 94.9 cm³/mol. The van der Waals surface area contributed by atoms with Crippen molar-refractivity contribution < 1.29 is 23.1 Å². The first-order chi connectivity index (χ1) is 11.7. The van der Waals surface area contributed by atoms with E-state index in [4.69, 9.17) is 5.11 Å². The van der Waals surface area contributed by atoms with Crippen LogP contribution in [-0.4, -0.2) is 38.0 Å². The van der Waals surface area contributed by atoms with Gasteiger partial charge in [-0.2, -0.15) is 0 Å². The van der Waals surface area contributed by atoms with E-state index in [0.29, 0.717) is 19.3 Å². The van der Waals surface area contributed by atoms with E-state index in [1.807, 2.05) is 13.8 Å². The third kappa shape index (κ3) is 6.47. The topological polar surface area (TPSA) is 113 Å². The van der Waals surface area contributed by atoms with E-state index in [-0.39, 0.29) is 23.0 Å². The molecule has 0 spiro atoms. The van der Waals surface area contributed by atoms with Crippen molar-refractivity contribution in [2.75, 3.05) is 6.54 Å². The lowest BCUT2D eigenvalue weighted by Gasteiger charge is -2.13. The summed E-state index contributed by atoms with van der Waals surface area (Å²) < 4.78 is 26.9. The van der Waals surface area contributed by atoms with E-state index in [2.05, 4.69) is 10.0 Å². The van der Waals surface area contributed by atoms with E-state index < -0.39 is 27.8 Å². The summed E-state index contributed by atoms with van der Waals surface area (Å²) in [6, 6.07) is 5.37. The molecule has 0 heterocycles. The van der Waals surface area contributed by atoms with Crippen LogP contribution in [0.1, 0.15) is 50.4 Å². The lowest BCUT2D eigenvalue weighted by Crippen LogP contribution is -2.33. The molecule has 8 heteroatoms. The van der Waals surface area contributed by atoms with Gasteiger partial charge in [-0.25, -0.2) is 13.1 Å². The Labute approximate surface area is 148 Å². The van der Waals surface area contributed by atoms with Crippen LogP contribution in [0.5, 0.6) is 0 Å². The fourth-order valence-corrected chi connectivity index (χ4v) is 3.51. The minimum Gasteiger partial charge on any atom is -0.481 e. The first-order valence-electron chi connectivity index (χ1n) is 8.34. The molecule has 140 valence electrons. The third-order valence-corrected chi connectivity index (χ3v) is 5.50. The molecule has 0 aliphatic carbocycles. The Bertz CT molecular complexity index is 685. The molecular weight excluding hydrogens is 344 g/mol. The number of hydrogen-bond donors (Lipinski definition) is 3. The summed E-state index contributed by atoms with van der Waals surface area (Å²) >= 11 is 0. The highest BCUT2D eigenvalue weighted by molar-refractivity contribution is 7.89. The second-order valence-corrected chi connectivity index (χ2v) is 7.70. The van der Waals surface area contributed by atoms with Crippen molar-refractivity contribution in [2.45, 2.75) is 51.0 Å². The summed E-state index contributed by atoms with van der Waals surface area (Å²) in [5, 5.41) is 11.7. The zero-order valence-electron chi connectivity index (χ0n) is 14.8. The van der Waals surface area contributed by atoms with Crippen LogP contribution in [0.15, 0.2) is 29.2 Å². The van der Waals surface area contributed by atoms with Crippen molar-refractivity contribution >= 4 is 21.9 Å². The highest BCUT2D eigenvalue weighted by Gasteiger charge is 2.19. The number of amides is 1. The Morgan fingerprint density at radius 1 is 1.16 bits per heavy atom. The SMILES string of the molecule is CCCC(CNC(=O)c1ccc(S(=O)(=O)NC(C)CC)cc1)C(=O)O.